The molecule has 1 aliphatic rings. The van der Waals surface area contributed by atoms with Crippen LogP contribution in [0, 0.1) is 27.9 Å². The number of hydrogen-bond donors (Lipinski definition) is 2. The zero-order valence-electron chi connectivity index (χ0n) is 43.0. The maximum absolute atomic E-state index is 14.6. The van der Waals surface area contributed by atoms with Crippen LogP contribution in [-0.4, -0.2) is 154 Å². The molecule has 0 bridgehead atoms. The fourth-order valence-corrected chi connectivity index (χ4v) is 8.76. The molecule has 0 aliphatic carbocycles. The molecular weight excluding hydrogens is 905 g/mol. The number of rotatable bonds is 23. The van der Waals surface area contributed by atoms with Gasteiger partial charge in [0.05, 0.1) is 74.3 Å². The van der Waals surface area contributed by atoms with E-state index in [9.17, 15) is 38.9 Å². The molecule has 2 N–H and O–H groups in total. The number of benzene rings is 3. The van der Waals surface area contributed by atoms with Crippen LogP contribution in [0.4, 0.5) is 10.5 Å². The Morgan fingerprint density at radius 1 is 0.814 bits per heavy atom. The number of nitrogens with one attached hydrogen (secondary N) is 2. The summed E-state index contributed by atoms with van der Waals surface area (Å²) in [5.74, 6) is -2.40. The summed E-state index contributed by atoms with van der Waals surface area (Å²) >= 11 is 0. The van der Waals surface area contributed by atoms with Crippen molar-refractivity contribution in [3.8, 4) is 11.5 Å². The first-order valence-corrected chi connectivity index (χ1v) is 23.7. The normalized spacial score (nSPS) is 17.0. The molecule has 386 valence electrons. The third-order valence-corrected chi connectivity index (χ3v) is 12.5. The Morgan fingerprint density at radius 3 is 1.97 bits per heavy atom. The van der Waals surface area contributed by atoms with Crippen LogP contribution in [0.15, 0.2) is 60.7 Å². The predicted molar refractivity (Wildman–Crippen MR) is 265 cm³/mol. The molecule has 4 amide bonds. The molecule has 70 heavy (non-hydrogen) atoms. The van der Waals surface area contributed by atoms with E-state index < -0.39 is 65.2 Å². The van der Waals surface area contributed by atoms with Gasteiger partial charge in [-0.1, -0.05) is 79.5 Å². The van der Waals surface area contributed by atoms with Crippen LogP contribution in [-0.2, 0) is 33.4 Å². The van der Waals surface area contributed by atoms with Gasteiger partial charge in [0.15, 0.2) is 5.78 Å². The number of nitrogens with zero attached hydrogens (tertiary/aromatic N) is 4. The fourth-order valence-electron chi connectivity index (χ4n) is 8.76. The minimum atomic E-state index is -1.12. The average molecular weight is 979 g/mol. The number of carbonyl (C=O) groups excluding carboxylic acids is 6. The first-order valence-electron chi connectivity index (χ1n) is 23.7. The van der Waals surface area contributed by atoms with Gasteiger partial charge in [-0.2, -0.15) is 0 Å². The molecule has 3 aromatic carbocycles. The maximum Gasteiger partial charge on any atom is 0.514 e. The van der Waals surface area contributed by atoms with Crippen LogP contribution in [0.2, 0.25) is 0 Å². The number of nitro groups is 1. The average Bonchev–Trinajstić information content (AvgIpc) is 3.74. The summed E-state index contributed by atoms with van der Waals surface area (Å²) in [7, 11) is 9.60. The van der Waals surface area contributed by atoms with Crippen LogP contribution >= 0.6 is 0 Å². The van der Waals surface area contributed by atoms with Crippen molar-refractivity contribution in [2.24, 2.45) is 17.8 Å². The molecule has 0 spiro atoms. The van der Waals surface area contributed by atoms with Crippen molar-refractivity contribution < 1.29 is 57.4 Å². The van der Waals surface area contributed by atoms with E-state index in [0.717, 1.165) is 10.8 Å². The number of likely N-dealkylation sites (tertiary alicyclic amines) is 1. The molecule has 3 aromatic rings. The molecule has 0 aromatic heterocycles. The minimum Gasteiger partial charge on any atom is -0.497 e. The molecule has 19 heteroatoms. The number of hydrogen-bond acceptors (Lipinski definition) is 14. The van der Waals surface area contributed by atoms with Crippen molar-refractivity contribution in [2.75, 3.05) is 62.1 Å². The maximum atomic E-state index is 14.6. The fraction of sp³-hybridized carbons (Fsp3) is 0.569. The zero-order valence-corrected chi connectivity index (χ0v) is 43.0. The minimum absolute atomic E-state index is 0.00805. The van der Waals surface area contributed by atoms with Crippen molar-refractivity contribution in [3.05, 3.63) is 76.3 Å². The Labute approximate surface area is 412 Å². The van der Waals surface area contributed by atoms with Crippen molar-refractivity contribution in [3.63, 3.8) is 0 Å². The number of ether oxygens (including phenoxy) is 5. The summed E-state index contributed by atoms with van der Waals surface area (Å²) in [5.41, 5.74) is 0.190. The Balaban J connectivity index is 0.00000421. The number of nitro benzene ring substituents is 1. The van der Waals surface area contributed by atoms with E-state index in [1.54, 1.807) is 64.3 Å². The Morgan fingerprint density at radius 2 is 1.41 bits per heavy atom. The van der Waals surface area contributed by atoms with Gasteiger partial charge < -0.3 is 44.1 Å². The van der Waals surface area contributed by atoms with Gasteiger partial charge in [0.25, 0.3) is 5.69 Å². The molecule has 1 heterocycles. The highest BCUT2D eigenvalue weighted by Crippen LogP contribution is 2.32. The van der Waals surface area contributed by atoms with Gasteiger partial charge in [0, 0.05) is 45.4 Å². The second-order valence-corrected chi connectivity index (χ2v) is 18.2. The third kappa shape index (κ3) is 15.9. The summed E-state index contributed by atoms with van der Waals surface area (Å²) < 4.78 is 28.2. The van der Waals surface area contributed by atoms with Crippen LogP contribution in [0.1, 0.15) is 84.5 Å². The van der Waals surface area contributed by atoms with Crippen LogP contribution in [0.5, 0.6) is 11.5 Å². The number of fused-ring (bicyclic) bond motifs is 1. The summed E-state index contributed by atoms with van der Waals surface area (Å²) in [6, 6.07) is 13.6. The van der Waals surface area contributed by atoms with Gasteiger partial charge in [-0.05, 0) is 67.0 Å². The van der Waals surface area contributed by atoms with Crippen LogP contribution in [0.25, 0.3) is 10.8 Å². The van der Waals surface area contributed by atoms with E-state index >= 15 is 0 Å². The second-order valence-electron chi connectivity index (χ2n) is 18.2. The smallest absolute Gasteiger partial charge is 0.497 e. The lowest BCUT2D eigenvalue weighted by Gasteiger charge is -2.39. The molecule has 0 saturated carbocycles. The van der Waals surface area contributed by atoms with Crippen LogP contribution < -0.4 is 20.1 Å². The van der Waals surface area contributed by atoms with E-state index in [1.807, 2.05) is 39.8 Å². The third-order valence-electron chi connectivity index (χ3n) is 12.5. The van der Waals surface area contributed by atoms with E-state index in [4.69, 9.17) is 23.7 Å². The number of amides is 4. The molecular formula is C51H74N6O13. The molecule has 8 atom stereocenters. The van der Waals surface area contributed by atoms with Gasteiger partial charge >= 0.3 is 6.16 Å². The largest absolute Gasteiger partial charge is 0.514 e. The SMILES string of the molecule is CCC.CC[C@H](C)C(C(CC(=O)N1CC(OC(=O)Oc2ccc([N+](=O)[O-])cc2)C[C@H]1C(OC)C(C)C(=O)NCC(=O)c1ccc2cc(OC)ccc2c1)OC)N(C)C(=O)CNC(=O)C(C(C)C)N(C)C. The Hall–Kier alpha value is -6.18. The monoisotopic (exact) mass is 979 g/mol. The first kappa shape index (κ1) is 58.1. The van der Waals surface area contributed by atoms with E-state index in [2.05, 4.69) is 24.5 Å². The Kier molecular flexibility index (Phi) is 23.1. The number of non-ortho nitro benzene ring substituents is 1. The lowest BCUT2D eigenvalue weighted by molar-refractivity contribution is -0.384. The number of ketones is 1. The highest BCUT2D eigenvalue weighted by atomic mass is 16.7. The zero-order chi connectivity index (χ0) is 52.4. The highest BCUT2D eigenvalue weighted by Gasteiger charge is 2.46. The Bertz CT molecular complexity index is 2230. The summed E-state index contributed by atoms with van der Waals surface area (Å²) in [5, 5.41) is 18.3. The second kappa shape index (κ2) is 27.9. The predicted octanol–water partition coefficient (Wildman–Crippen LogP) is 6.29. The van der Waals surface area contributed by atoms with Crippen molar-refractivity contribution >= 4 is 52.0 Å². The summed E-state index contributed by atoms with van der Waals surface area (Å²) in [6.45, 7) is 12.9. The van der Waals surface area contributed by atoms with Gasteiger partial charge in [-0.15, -0.1) is 0 Å². The number of likely N-dealkylation sites (N-methyl/N-ethyl adjacent to an activating group) is 2. The summed E-state index contributed by atoms with van der Waals surface area (Å²) in [6.07, 6.45) is -2.21. The topological polar surface area (TPSA) is 225 Å². The molecule has 1 aliphatic heterocycles. The van der Waals surface area contributed by atoms with Crippen molar-refractivity contribution in [1.82, 2.24) is 25.3 Å². The van der Waals surface area contributed by atoms with E-state index in [0.29, 0.717) is 17.7 Å². The van der Waals surface area contributed by atoms with E-state index in [-0.39, 0.29) is 73.3 Å². The molecule has 6 unspecified atom stereocenters. The van der Waals surface area contributed by atoms with Crippen molar-refractivity contribution in [1.29, 1.82) is 0 Å². The quantitative estimate of drug-likeness (QED) is 0.0350. The van der Waals surface area contributed by atoms with Crippen LogP contribution in [0.3, 0.4) is 0 Å². The van der Waals surface area contributed by atoms with Gasteiger partial charge in [0.2, 0.25) is 23.6 Å². The van der Waals surface area contributed by atoms with Crippen molar-refractivity contribution in [2.45, 2.75) is 111 Å². The molecule has 0 radical (unpaired) electrons. The molecule has 1 fully saturated rings. The first-order chi connectivity index (χ1) is 33.2. The number of Topliss-reactive ketones (excluding diaryl/α,β-unsaturated/α-hetero) is 1. The number of methoxy groups -OCH3 is 3. The lowest BCUT2D eigenvalue weighted by atomic mass is 9.90. The van der Waals surface area contributed by atoms with Gasteiger partial charge in [-0.25, -0.2) is 4.79 Å². The highest BCUT2D eigenvalue weighted by molar-refractivity contribution is 6.02. The number of carbonyl (C=O) groups is 6. The summed E-state index contributed by atoms with van der Waals surface area (Å²) in [4.78, 5) is 96.9. The molecule has 19 nitrogen and oxygen atoms in total. The molecule has 4 rings (SSSR count). The van der Waals surface area contributed by atoms with Gasteiger partial charge in [-0.3, -0.25) is 39.0 Å². The lowest BCUT2D eigenvalue weighted by Crippen LogP contribution is -2.55. The standard InChI is InChI=1S/C48H66N6O13.C3H8/c1-12-29(4)44(52(8)42(57)26-50-47(59)43(28(2)3)51(6)7)40(64-10)24-41(56)53-27-37(67-48(60)66-35-19-16-34(17-20-35)54(61)62)23-38(53)45(65-11)30(5)46(58)49-25-39(55)33-14-13-32-22-36(63-9)18-15-31(32)21-33;1-3-2/h13-22,28-30,37-38,40,43-45H,12,23-27H2,1-11H3,(H,49,58)(H,50,59);3H2,1-2H3/t29-,30?,37?,38-,40?,43?,44?,45?;/m0./s1. The van der Waals surface area contributed by atoms with E-state index in [1.165, 1.54) is 54.7 Å². The molecule has 1 saturated heterocycles. The van der Waals surface area contributed by atoms with Gasteiger partial charge in [0.1, 0.15) is 17.6 Å².